The van der Waals surface area contributed by atoms with Crippen LogP contribution in [0.25, 0.3) is 0 Å². The molecule has 0 aromatic heterocycles. The zero-order chi connectivity index (χ0) is 19.7. The van der Waals surface area contributed by atoms with Crippen LogP contribution in [0.15, 0.2) is 47.4 Å². The maximum absolute atomic E-state index is 14.0. The average molecular weight is 419 g/mol. The highest BCUT2D eigenvalue weighted by molar-refractivity contribution is 7.98. The van der Waals surface area contributed by atoms with E-state index in [4.69, 9.17) is 11.6 Å². The summed E-state index contributed by atoms with van der Waals surface area (Å²) < 4.78 is 14.0. The van der Waals surface area contributed by atoms with E-state index in [0.717, 1.165) is 38.0 Å². The zero-order valence-electron chi connectivity index (χ0n) is 15.9. The Morgan fingerprint density at radius 1 is 1.25 bits per heavy atom. The molecule has 4 rings (SSSR count). The second-order valence-electron chi connectivity index (χ2n) is 7.81. The van der Waals surface area contributed by atoms with Crippen molar-refractivity contribution in [3.63, 3.8) is 0 Å². The number of anilines is 1. The molecule has 2 aliphatic rings. The first-order chi connectivity index (χ1) is 13.5. The lowest BCUT2D eigenvalue weighted by Gasteiger charge is -2.33. The van der Waals surface area contributed by atoms with Crippen LogP contribution in [0.1, 0.15) is 24.8 Å². The van der Waals surface area contributed by atoms with Gasteiger partial charge < -0.3 is 5.32 Å². The molecule has 28 heavy (non-hydrogen) atoms. The Labute approximate surface area is 174 Å². The Morgan fingerprint density at radius 2 is 1.96 bits per heavy atom. The van der Waals surface area contributed by atoms with Crippen LogP contribution in [0.3, 0.4) is 0 Å². The highest BCUT2D eigenvalue weighted by Gasteiger charge is 2.58. The topological polar surface area (TPSA) is 32.3 Å². The molecule has 1 aliphatic heterocycles. The monoisotopic (exact) mass is 418 g/mol. The number of carbonyl (C=O) groups is 1. The molecule has 2 aromatic rings. The predicted molar refractivity (Wildman–Crippen MR) is 113 cm³/mol. The fourth-order valence-electron chi connectivity index (χ4n) is 4.24. The molecule has 1 atom stereocenters. The molecule has 0 unspecified atom stereocenters. The molecule has 148 valence electrons. The predicted octanol–water partition coefficient (Wildman–Crippen LogP) is 5.44. The Kier molecular flexibility index (Phi) is 5.68. The van der Waals surface area contributed by atoms with Crippen molar-refractivity contribution in [3.8, 4) is 0 Å². The summed E-state index contributed by atoms with van der Waals surface area (Å²) in [6.07, 6.45) is 4.94. The molecule has 0 bridgehead atoms. The van der Waals surface area contributed by atoms with E-state index >= 15 is 0 Å². The first kappa shape index (κ1) is 19.7. The van der Waals surface area contributed by atoms with Crippen LogP contribution >= 0.6 is 23.4 Å². The van der Waals surface area contributed by atoms with Gasteiger partial charge in [0.2, 0.25) is 5.91 Å². The van der Waals surface area contributed by atoms with Gasteiger partial charge in [0, 0.05) is 33.6 Å². The van der Waals surface area contributed by atoms with Crippen LogP contribution in [0.2, 0.25) is 5.02 Å². The van der Waals surface area contributed by atoms with Gasteiger partial charge in [-0.3, -0.25) is 9.69 Å². The molecule has 3 nitrogen and oxygen atoms in total. The van der Waals surface area contributed by atoms with Gasteiger partial charge in [-0.2, -0.15) is 0 Å². The van der Waals surface area contributed by atoms with Crippen LogP contribution in [0.5, 0.6) is 0 Å². The molecule has 1 heterocycles. The number of likely N-dealkylation sites (tertiary alicyclic amines) is 1. The Hall–Kier alpha value is -1.56. The number of amides is 1. The number of hydrogen-bond donors (Lipinski definition) is 1. The summed E-state index contributed by atoms with van der Waals surface area (Å²) in [5.74, 6) is -0.0293. The fraction of sp³-hybridized carbons (Fsp3) is 0.409. The van der Waals surface area contributed by atoms with Crippen molar-refractivity contribution in [2.75, 3.05) is 24.7 Å². The van der Waals surface area contributed by atoms with Crippen LogP contribution < -0.4 is 5.32 Å². The van der Waals surface area contributed by atoms with Gasteiger partial charge in [0.25, 0.3) is 0 Å². The SMILES string of the molecule is CSc1ccc(NC(=O)[C@H]2CC23CCN(Cc2c(F)cccc2Cl)CC3)cc1. The van der Waals surface area contributed by atoms with Crippen molar-refractivity contribution >= 4 is 35.0 Å². The van der Waals surface area contributed by atoms with Crippen LogP contribution in [0, 0.1) is 17.2 Å². The third-order valence-corrected chi connectivity index (χ3v) is 7.26. The second-order valence-corrected chi connectivity index (χ2v) is 9.10. The lowest BCUT2D eigenvalue weighted by Crippen LogP contribution is -2.36. The van der Waals surface area contributed by atoms with Crippen LogP contribution in [-0.4, -0.2) is 30.2 Å². The minimum absolute atomic E-state index is 0.0897. The summed E-state index contributed by atoms with van der Waals surface area (Å²) >= 11 is 7.84. The van der Waals surface area contributed by atoms with Crippen LogP contribution in [0.4, 0.5) is 10.1 Å². The molecule has 6 heteroatoms. The summed E-state index contributed by atoms with van der Waals surface area (Å²) in [5.41, 5.74) is 1.55. The number of halogens is 2. The van der Waals surface area contributed by atoms with Gasteiger partial charge in [0.15, 0.2) is 0 Å². The zero-order valence-corrected chi connectivity index (χ0v) is 17.5. The van der Waals surface area contributed by atoms with E-state index in [1.54, 1.807) is 23.9 Å². The lowest BCUT2D eigenvalue weighted by atomic mass is 9.90. The largest absolute Gasteiger partial charge is 0.326 e. The van der Waals surface area contributed by atoms with Crippen molar-refractivity contribution in [1.82, 2.24) is 4.90 Å². The smallest absolute Gasteiger partial charge is 0.228 e. The molecule has 1 saturated carbocycles. The number of hydrogen-bond acceptors (Lipinski definition) is 3. The minimum atomic E-state index is -0.246. The maximum Gasteiger partial charge on any atom is 0.228 e. The van der Waals surface area contributed by atoms with Crippen LogP contribution in [-0.2, 0) is 11.3 Å². The summed E-state index contributed by atoms with van der Waals surface area (Å²) in [6, 6.07) is 12.8. The molecule has 1 saturated heterocycles. The molecule has 1 N–H and O–H groups in total. The number of piperidine rings is 1. The van der Waals surface area contributed by atoms with Crippen molar-refractivity contribution < 1.29 is 9.18 Å². The van der Waals surface area contributed by atoms with Crippen molar-refractivity contribution in [2.24, 2.45) is 11.3 Å². The first-order valence-electron chi connectivity index (χ1n) is 9.61. The number of thioether (sulfide) groups is 1. The quantitative estimate of drug-likeness (QED) is 0.656. The molecular weight excluding hydrogens is 395 g/mol. The van der Waals surface area contributed by atoms with Crippen molar-refractivity contribution in [1.29, 1.82) is 0 Å². The lowest BCUT2D eigenvalue weighted by molar-refractivity contribution is -0.118. The average Bonchev–Trinajstić information content (AvgIpc) is 3.41. The van der Waals surface area contributed by atoms with E-state index in [1.165, 1.54) is 11.0 Å². The van der Waals surface area contributed by atoms with Gasteiger partial charge in [0.05, 0.1) is 0 Å². The van der Waals surface area contributed by atoms with Gasteiger partial charge in [-0.15, -0.1) is 11.8 Å². The number of benzene rings is 2. The number of nitrogens with one attached hydrogen (secondary N) is 1. The van der Waals surface area contributed by atoms with E-state index in [0.29, 0.717) is 17.1 Å². The Bertz CT molecular complexity index is 845. The number of nitrogens with zero attached hydrogens (tertiary/aromatic N) is 1. The summed E-state index contributed by atoms with van der Waals surface area (Å²) in [7, 11) is 0. The molecule has 1 aliphatic carbocycles. The van der Waals surface area contributed by atoms with Gasteiger partial charge in [-0.25, -0.2) is 4.39 Å². The second kappa shape index (κ2) is 8.05. The number of carbonyl (C=O) groups excluding carboxylic acids is 1. The van der Waals surface area contributed by atoms with E-state index < -0.39 is 0 Å². The maximum atomic E-state index is 14.0. The molecule has 1 spiro atoms. The third kappa shape index (κ3) is 4.07. The molecule has 2 fully saturated rings. The van der Waals surface area contributed by atoms with Crippen molar-refractivity contribution in [2.45, 2.75) is 30.7 Å². The molecule has 2 aromatic carbocycles. The fourth-order valence-corrected chi connectivity index (χ4v) is 4.87. The minimum Gasteiger partial charge on any atom is -0.326 e. The summed E-state index contributed by atoms with van der Waals surface area (Å²) in [6.45, 7) is 2.27. The standard InChI is InChI=1S/C22H24ClFN2OS/c1-28-16-7-5-15(6-8-16)25-21(27)18-13-22(18)9-11-26(12-10-22)14-17-19(23)3-2-4-20(17)24/h2-8,18H,9-14H2,1H3,(H,25,27)/t18-/m1/s1. The Morgan fingerprint density at radius 3 is 2.61 bits per heavy atom. The van der Waals surface area contributed by atoms with Gasteiger partial charge in [0.1, 0.15) is 5.82 Å². The highest BCUT2D eigenvalue weighted by atomic mass is 35.5. The van der Waals surface area contributed by atoms with E-state index in [-0.39, 0.29) is 23.1 Å². The van der Waals surface area contributed by atoms with Gasteiger partial charge >= 0.3 is 0 Å². The molecule has 1 amide bonds. The van der Waals surface area contributed by atoms with Gasteiger partial charge in [-0.1, -0.05) is 17.7 Å². The summed E-state index contributed by atoms with van der Waals surface area (Å²) in [4.78, 5) is 16.1. The van der Waals surface area contributed by atoms with E-state index in [9.17, 15) is 9.18 Å². The number of rotatable bonds is 5. The van der Waals surface area contributed by atoms with E-state index in [2.05, 4.69) is 10.2 Å². The third-order valence-electron chi connectivity index (χ3n) is 6.16. The van der Waals surface area contributed by atoms with Crippen molar-refractivity contribution in [3.05, 3.63) is 58.9 Å². The Balaban J connectivity index is 1.31. The normalized spacial score (nSPS) is 20.9. The first-order valence-corrected chi connectivity index (χ1v) is 11.2. The molecule has 0 radical (unpaired) electrons. The van der Waals surface area contributed by atoms with E-state index in [1.807, 2.05) is 30.5 Å². The summed E-state index contributed by atoms with van der Waals surface area (Å²) in [5, 5.41) is 3.55. The van der Waals surface area contributed by atoms with Gasteiger partial charge in [-0.05, 0) is 80.4 Å². The molecular formula is C22H24ClFN2OS. The highest BCUT2D eigenvalue weighted by Crippen LogP contribution is 2.59.